The summed E-state index contributed by atoms with van der Waals surface area (Å²) >= 11 is 1.40. The van der Waals surface area contributed by atoms with Crippen LogP contribution >= 0.6 is 11.3 Å². The lowest BCUT2D eigenvalue weighted by Crippen LogP contribution is -2.14. The summed E-state index contributed by atoms with van der Waals surface area (Å²) in [5, 5.41) is 7.92. The number of aromatic nitrogens is 3. The second-order valence-corrected chi connectivity index (χ2v) is 8.18. The van der Waals surface area contributed by atoms with Gasteiger partial charge >= 0.3 is 0 Å². The molecule has 2 heterocycles. The standard InChI is InChI=1S/C22H20N4O4S/c1-26-20-13-10-17(30-4)16(29-3)8-11(13)7-14(20)19(25-26)21(27)24-22-23-15-6-5-12(28-2)9-18(15)31-22/h5-6,8-10H,7H2,1-4H3,(H,23,24,27). The molecule has 1 amide bonds. The molecule has 158 valence electrons. The maximum Gasteiger partial charge on any atom is 0.278 e. The highest BCUT2D eigenvalue weighted by atomic mass is 32.1. The van der Waals surface area contributed by atoms with Gasteiger partial charge in [-0.05, 0) is 35.9 Å². The summed E-state index contributed by atoms with van der Waals surface area (Å²) in [5.74, 6) is 1.78. The van der Waals surface area contributed by atoms with E-state index in [4.69, 9.17) is 14.2 Å². The molecule has 0 bridgehead atoms. The van der Waals surface area contributed by atoms with Crippen LogP contribution in [0, 0.1) is 0 Å². The van der Waals surface area contributed by atoms with Crippen molar-refractivity contribution in [3.05, 3.63) is 47.2 Å². The maximum absolute atomic E-state index is 13.1. The van der Waals surface area contributed by atoms with E-state index in [2.05, 4.69) is 15.4 Å². The number of amides is 1. The van der Waals surface area contributed by atoms with Gasteiger partial charge in [-0.15, -0.1) is 0 Å². The summed E-state index contributed by atoms with van der Waals surface area (Å²) in [5.41, 5.74) is 5.06. The van der Waals surface area contributed by atoms with E-state index >= 15 is 0 Å². The van der Waals surface area contributed by atoms with Crippen molar-refractivity contribution in [3.8, 4) is 28.5 Å². The fraction of sp³-hybridized carbons (Fsp3) is 0.227. The van der Waals surface area contributed by atoms with Gasteiger partial charge in [0, 0.05) is 24.6 Å². The predicted molar refractivity (Wildman–Crippen MR) is 119 cm³/mol. The van der Waals surface area contributed by atoms with E-state index in [0.29, 0.717) is 28.7 Å². The summed E-state index contributed by atoms with van der Waals surface area (Å²) in [4.78, 5) is 17.6. The van der Waals surface area contributed by atoms with Gasteiger partial charge in [-0.25, -0.2) is 4.98 Å². The molecule has 0 radical (unpaired) electrons. The Balaban J connectivity index is 1.48. The SMILES string of the molecule is COc1ccc2nc(NC(=O)c3nn(C)c4c3Cc3cc(OC)c(OC)cc3-4)sc2c1. The first kappa shape index (κ1) is 19.4. The second-order valence-electron chi connectivity index (χ2n) is 7.15. The maximum atomic E-state index is 13.1. The minimum Gasteiger partial charge on any atom is -0.497 e. The molecule has 0 spiro atoms. The van der Waals surface area contributed by atoms with Gasteiger partial charge in [0.15, 0.2) is 22.3 Å². The van der Waals surface area contributed by atoms with E-state index in [9.17, 15) is 4.79 Å². The molecule has 1 N–H and O–H groups in total. The van der Waals surface area contributed by atoms with Gasteiger partial charge in [0.1, 0.15) is 5.75 Å². The van der Waals surface area contributed by atoms with E-state index in [1.165, 1.54) is 11.3 Å². The highest BCUT2D eigenvalue weighted by Crippen LogP contribution is 2.43. The Morgan fingerprint density at radius 1 is 1.10 bits per heavy atom. The minimum atomic E-state index is -0.283. The number of hydrogen-bond acceptors (Lipinski definition) is 7. The molecule has 1 aliphatic rings. The molecule has 0 saturated heterocycles. The number of carbonyl (C=O) groups is 1. The molecule has 0 saturated carbocycles. The van der Waals surface area contributed by atoms with Gasteiger partial charge in [-0.3, -0.25) is 14.8 Å². The zero-order valence-electron chi connectivity index (χ0n) is 17.5. The number of aryl methyl sites for hydroxylation is 1. The van der Waals surface area contributed by atoms with Gasteiger partial charge < -0.3 is 14.2 Å². The van der Waals surface area contributed by atoms with Crippen LogP contribution < -0.4 is 19.5 Å². The molecule has 2 aromatic carbocycles. The van der Waals surface area contributed by atoms with E-state index in [0.717, 1.165) is 38.4 Å². The van der Waals surface area contributed by atoms with Crippen molar-refractivity contribution in [2.24, 2.45) is 7.05 Å². The first-order valence-corrected chi connectivity index (χ1v) is 10.4. The Bertz CT molecular complexity index is 1340. The topological polar surface area (TPSA) is 87.5 Å². The average Bonchev–Trinajstić information content (AvgIpc) is 3.44. The Morgan fingerprint density at radius 3 is 2.61 bits per heavy atom. The summed E-state index contributed by atoms with van der Waals surface area (Å²) in [7, 11) is 6.68. The van der Waals surface area contributed by atoms with Crippen molar-refractivity contribution in [1.29, 1.82) is 0 Å². The molecule has 1 aliphatic carbocycles. The minimum absolute atomic E-state index is 0.283. The molecule has 9 heteroatoms. The van der Waals surface area contributed by atoms with Crippen molar-refractivity contribution in [2.75, 3.05) is 26.6 Å². The van der Waals surface area contributed by atoms with Crippen molar-refractivity contribution in [3.63, 3.8) is 0 Å². The summed E-state index contributed by atoms with van der Waals surface area (Å²) in [6, 6.07) is 9.51. The first-order chi connectivity index (χ1) is 15.0. The third kappa shape index (κ3) is 3.09. The van der Waals surface area contributed by atoms with Crippen LogP contribution in [0.2, 0.25) is 0 Å². The van der Waals surface area contributed by atoms with E-state index < -0.39 is 0 Å². The number of ether oxygens (including phenoxy) is 3. The van der Waals surface area contributed by atoms with Crippen LogP contribution in [0.3, 0.4) is 0 Å². The molecular formula is C22H20N4O4S. The Morgan fingerprint density at radius 2 is 1.87 bits per heavy atom. The zero-order valence-corrected chi connectivity index (χ0v) is 18.3. The lowest BCUT2D eigenvalue weighted by molar-refractivity contribution is 0.102. The van der Waals surface area contributed by atoms with Crippen LogP contribution in [0.15, 0.2) is 30.3 Å². The number of thiazole rings is 1. The summed E-state index contributed by atoms with van der Waals surface area (Å²) in [6.07, 6.45) is 0.596. The third-order valence-electron chi connectivity index (χ3n) is 5.41. The molecule has 0 aliphatic heterocycles. The molecule has 2 aromatic heterocycles. The Hall–Kier alpha value is -3.59. The Labute approximate surface area is 182 Å². The van der Waals surface area contributed by atoms with Gasteiger partial charge in [-0.2, -0.15) is 5.10 Å². The number of fused-ring (bicyclic) bond motifs is 4. The van der Waals surface area contributed by atoms with Crippen molar-refractivity contribution < 1.29 is 19.0 Å². The number of rotatable bonds is 5. The molecule has 0 atom stereocenters. The van der Waals surface area contributed by atoms with E-state index in [-0.39, 0.29) is 5.91 Å². The normalized spacial score (nSPS) is 11.9. The zero-order chi connectivity index (χ0) is 21.7. The molecular weight excluding hydrogens is 416 g/mol. The number of benzene rings is 2. The highest BCUT2D eigenvalue weighted by Gasteiger charge is 2.31. The van der Waals surface area contributed by atoms with Gasteiger partial charge in [0.2, 0.25) is 0 Å². The number of nitrogens with zero attached hydrogens (tertiary/aromatic N) is 3. The molecule has 4 aromatic rings. The average molecular weight is 436 g/mol. The second kappa shape index (κ2) is 7.28. The lowest BCUT2D eigenvalue weighted by atomic mass is 10.1. The van der Waals surface area contributed by atoms with Crippen molar-refractivity contribution >= 4 is 32.6 Å². The number of nitrogens with one attached hydrogen (secondary N) is 1. The molecule has 0 unspecified atom stereocenters. The number of carbonyl (C=O) groups excluding carboxylic acids is 1. The van der Waals surface area contributed by atoms with Crippen LogP contribution in [0.4, 0.5) is 5.13 Å². The summed E-state index contributed by atoms with van der Waals surface area (Å²) < 4.78 is 18.8. The fourth-order valence-corrected chi connectivity index (χ4v) is 4.86. The van der Waals surface area contributed by atoms with Gasteiger partial charge in [-0.1, -0.05) is 11.3 Å². The van der Waals surface area contributed by atoms with Crippen molar-refractivity contribution in [2.45, 2.75) is 6.42 Å². The predicted octanol–water partition coefficient (Wildman–Crippen LogP) is 3.88. The quantitative estimate of drug-likeness (QED) is 0.450. The van der Waals surface area contributed by atoms with E-state index in [1.54, 1.807) is 26.0 Å². The van der Waals surface area contributed by atoms with Crippen LogP contribution in [0.25, 0.3) is 21.5 Å². The number of hydrogen-bond donors (Lipinski definition) is 1. The molecule has 5 rings (SSSR count). The smallest absolute Gasteiger partial charge is 0.278 e. The van der Waals surface area contributed by atoms with E-state index in [1.807, 2.05) is 37.4 Å². The van der Waals surface area contributed by atoms with Crippen LogP contribution in [-0.4, -0.2) is 42.0 Å². The third-order valence-corrected chi connectivity index (χ3v) is 6.34. The molecule has 31 heavy (non-hydrogen) atoms. The van der Waals surface area contributed by atoms with Crippen LogP contribution in [0.1, 0.15) is 21.6 Å². The molecule has 8 nitrogen and oxygen atoms in total. The van der Waals surface area contributed by atoms with Crippen LogP contribution in [0.5, 0.6) is 17.2 Å². The Kier molecular flexibility index (Phi) is 4.55. The van der Waals surface area contributed by atoms with Gasteiger partial charge in [0.05, 0.1) is 37.2 Å². The number of methoxy groups -OCH3 is 3. The largest absolute Gasteiger partial charge is 0.497 e. The number of anilines is 1. The monoisotopic (exact) mass is 436 g/mol. The highest BCUT2D eigenvalue weighted by molar-refractivity contribution is 7.22. The van der Waals surface area contributed by atoms with Gasteiger partial charge in [0.25, 0.3) is 5.91 Å². The molecule has 0 fully saturated rings. The fourth-order valence-electron chi connectivity index (χ4n) is 3.97. The summed E-state index contributed by atoms with van der Waals surface area (Å²) in [6.45, 7) is 0. The first-order valence-electron chi connectivity index (χ1n) is 9.59. The van der Waals surface area contributed by atoms with Crippen molar-refractivity contribution in [1.82, 2.24) is 14.8 Å². The lowest BCUT2D eigenvalue weighted by Gasteiger charge is -2.11. The van der Waals surface area contributed by atoms with Crippen LogP contribution in [-0.2, 0) is 13.5 Å².